The topological polar surface area (TPSA) is 84.7 Å². The summed E-state index contributed by atoms with van der Waals surface area (Å²) < 4.78 is 29.2. The summed E-state index contributed by atoms with van der Waals surface area (Å²) in [6.07, 6.45) is 0. The van der Waals surface area contributed by atoms with E-state index >= 15 is 0 Å². The quantitative estimate of drug-likeness (QED) is 0.674. The second kappa shape index (κ2) is 6.65. The van der Waals surface area contributed by atoms with Gasteiger partial charge in [0, 0.05) is 37.8 Å². The Morgan fingerprint density at radius 1 is 1.55 bits per heavy atom. The molecule has 0 aliphatic carbocycles. The van der Waals surface area contributed by atoms with Crippen LogP contribution in [0.1, 0.15) is 17.3 Å². The molecular formula is C13H15F2N3O4. The Morgan fingerprint density at radius 3 is 2.86 bits per heavy atom. The predicted molar refractivity (Wildman–Crippen MR) is 73.1 cm³/mol. The van der Waals surface area contributed by atoms with Gasteiger partial charge in [0.15, 0.2) is 0 Å². The van der Waals surface area contributed by atoms with Crippen LogP contribution in [0.25, 0.3) is 0 Å². The first-order chi connectivity index (χ1) is 10.4. The van der Waals surface area contributed by atoms with Crippen molar-refractivity contribution in [2.24, 2.45) is 0 Å². The second-order valence-electron chi connectivity index (χ2n) is 4.92. The molecule has 1 aromatic rings. The minimum atomic E-state index is -3.12. The van der Waals surface area contributed by atoms with Gasteiger partial charge >= 0.3 is 6.61 Å². The van der Waals surface area contributed by atoms with Gasteiger partial charge in [-0.25, -0.2) is 0 Å². The number of piperazine rings is 1. The smallest absolute Gasteiger partial charge is 0.387 e. The van der Waals surface area contributed by atoms with Gasteiger partial charge in [0.25, 0.3) is 11.6 Å². The molecule has 0 saturated carbocycles. The number of alkyl halides is 2. The van der Waals surface area contributed by atoms with E-state index < -0.39 is 17.4 Å². The van der Waals surface area contributed by atoms with Crippen LogP contribution in [0.5, 0.6) is 5.75 Å². The average molecular weight is 315 g/mol. The van der Waals surface area contributed by atoms with Crippen LogP contribution in [0.3, 0.4) is 0 Å². The van der Waals surface area contributed by atoms with E-state index in [1.807, 2.05) is 6.92 Å². The third kappa shape index (κ3) is 3.67. The van der Waals surface area contributed by atoms with Gasteiger partial charge in [0.2, 0.25) is 0 Å². The summed E-state index contributed by atoms with van der Waals surface area (Å²) in [4.78, 5) is 24.1. The summed E-state index contributed by atoms with van der Waals surface area (Å²) >= 11 is 0. The molecule has 1 fully saturated rings. The summed E-state index contributed by atoms with van der Waals surface area (Å²) in [5.41, 5.74) is -0.586. The molecule has 0 radical (unpaired) electrons. The molecule has 1 heterocycles. The maximum atomic E-state index is 12.5. The standard InChI is InChI=1S/C13H15F2N3O4/c1-8-7-17(5-4-16-8)12(19)10-6-9(18(20)21)2-3-11(10)22-13(14)15/h2-3,6,8,13,16H,4-5,7H2,1H3/t8-/m1/s1. The summed E-state index contributed by atoms with van der Waals surface area (Å²) in [6.45, 7) is 0.0985. The third-order valence-corrected chi connectivity index (χ3v) is 3.28. The molecule has 1 N–H and O–H groups in total. The van der Waals surface area contributed by atoms with Crippen molar-refractivity contribution in [2.75, 3.05) is 19.6 Å². The molecule has 0 aromatic heterocycles. The van der Waals surface area contributed by atoms with Gasteiger partial charge < -0.3 is 15.0 Å². The lowest BCUT2D eigenvalue weighted by Gasteiger charge is -2.32. The van der Waals surface area contributed by atoms with Gasteiger partial charge in [-0.3, -0.25) is 14.9 Å². The lowest BCUT2D eigenvalue weighted by molar-refractivity contribution is -0.384. The van der Waals surface area contributed by atoms with Crippen LogP contribution in [0.2, 0.25) is 0 Å². The normalized spacial score (nSPS) is 18.4. The van der Waals surface area contributed by atoms with Crippen molar-refractivity contribution in [2.45, 2.75) is 19.6 Å². The highest BCUT2D eigenvalue weighted by atomic mass is 19.3. The first-order valence-corrected chi connectivity index (χ1v) is 6.64. The number of nitrogens with zero attached hydrogens (tertiary/aromatic N) is 2. The lowest BCUT2D eigenvalue weighted by atomic mass is 10.1. The summed E-state index contributed by atoms with van der Waals surface area (Å²) in [5, 5.41) is 14.0. The highest BCUT2D eigenvalue weighted by Crippen LogP contribution is 2.27. The molecule has 1 atom stereocenters. The number of carbonyl (C=O) groups is 1. The fraction of sp³-hybridized carbons (Fsp3) is 0.462. The summed E-state index contributed by atoms with van der Waals surface area (Å²) in [6, 6.07) is 3.06. The fourth-order valence-electron chi connectivity index (χ4n) is 2.28. The first-order valence-electron chi connectivity index (χ1n) is 6.64. The molecule has 1 aliphatic rings. The molecule has 1 aromatic carbocycles. The van der Waals surface area contributed by atoms with Crippen LogP contribution < -0.4 is 10.1 Å². The van der Waals surface area contributed by atoms with E-state index in [1.165, 1.54) is 4.90 Å². The molecule has 2 rings (SSSR count). The van der Waals surface area contributed by atoms with Crippen molar-refractivity contribution < 1.29 is 23.2 Å². The van der Waals surface area contributed by atoms with E-state index in [0.717, 1.165) is 18.2 Å². The molecule has 22 heavy (non-hydrogen) atoms. The predicted octanol–water partition coefficient (Wildman–Crippen LogP) is 1.63. The van der Waals surface area contributed by atoms with Crippen molar-refractivity contribution in [3.8, 4) is 5.75 Å². The van der Waals surface area contributed by atoms with Crippen molar-refractivity contribution >= 4 is 11.6 Å². The molecule has 1 aliphatic heterocycles. The van der Waals surface area contributed by atoms with Gasteiger partial charge in [-0.1, -0.05) is 0 Å². The van der Waals surface area contributed by atoms with Crippen molar-refractivity contribution in [1.29, 1.82) is 0 Å². The summed E-state index contributed by atoms with van der Waals surface area (Å²) in [5.74, 6) is -0.926. The van der Waals surface area contributed by atoms with E-state index in [1.54, 1.807) is 0 Å². The van der Waals surface area contributed by atoms with E-state index in [-0.39, 0.29) is 23.0 Å². The molecule has 1 saturated heterocycles. The number of hydrogen-bond acceptors (Lipinski definition) is 5. The molecular weight excluding hydrogens is 300 g/mol. The number of nitro groups is 1. The number of non-ortho nitro benzene ring substituents is 1. The minimum absolute atomic E-state index is 0.0517. The van der Waals surface area contributed by atoms with Crippen LogP contribution in [0, 0.1) is 10.1 Å². The van der Waals surface area contributed by atoms with E-state index in [2.05, 4.69) is 10.1 Å². The van der Waals surface area contributed by atoms with E-state index in [0.29, 0.717) is 19.6 Å². The Kier molecular flexibility index (Phi) is 4.86. The zero-order valence-corrected chi connectivity index (χ0v) is 11.8. The Hall–Kier alpha value is -2.29. The maximum absolute atomic E-state index is 12.5. The zero-order chi connectivity index (χ0) is 16.3. The molecule has 9 heteroatoms. The van der Waals surface area contributed by atoms with Gasteiger partial charge in [0.1, 0.15) is 5.75 Å². The van der Waals surface area contributed by atoms with Gasteiger partial charge in [0.05, 0.1) is 10.5 Å². The number of nitrogens with one attached hydrogen (secondary N) is 1. The molecule has 1 amide bonds. The van der Waals surface area contributed by atoms with E-state index in [9.17, 15) is 23.7 Å². The maximum Gasteiger partial charge on any atom is 0.387 e. The van der Waals surface area contributed by atoms with Crippen LogP contribution >= 0.6 is 0 Å². The van der Waals surface area contributed by atoms with Crippen LogP contribution in [0.15, 0.2) is 18.2 Å². The third-order valence-electron chi connectivity index (χ3n) is 3.28. The average Bonchev–Trinajstić information content (AvgIpc) is 2.46. The van der Waals surface area contributed by atoms with Crippen molar-refractivity contribution in [3.63, 3.8) is 0 Å². The number of hydrogen-bond donors (Lipinski definition) is 1. The van der Waals surface area contributed by atoms with Gasteiger partial charge in [-0.15, -0.1) is 0 Å². The number of ether oxygens (including phenoxy) is 1. The zero-order valence-electron chi connectivity index (χ0n) is 11.8. The molecule has 0 unspecified atom stereocenters. The first kappa shape index (κ1) is 16.1. The number of rotatable bonds is 4. The van der Waals surface area contributed by atoms with Crippen molar-refractivity contribution in [1.82, 2.24) is 10.2 Å². The van der Waals surface area contributed by atoms with Crippen LogP contribution in [-0.2, 0) is 0 Å². The number of amides is 1. The molecule has 120 valence electrons. The number of nitro benzene ring substituents is 1. The molecule has 0 bridgehead atoms. The Balaban J connectivity index is 2.34. The molecule has 0 spiro atoms. The van der Waals surface area contributed by atoms with Gasteiger partial charge in [-0.05, 0) is 13.0 Å². The Bertz CT molecular complexity index is 582. The largest absolute Gasteiger partial charge is 0.434 e. The van der Waals surface area contributed by atoms with Gasteiger partial charge in [-0.2, -0.15) is 8.78 Å². The summed E-state index contributed by atoms with van der Waals surface area (Å²) in [7, 11) is 0. The fourth-order valence-corrected chi connectivity index (χ4v) is 2.28. The highest BCUT2D eigenvalue weighted by Gasteiger charge is 2.26. The minimum Gasteiger partial charge on any atom is -0.434 e. The van der Waals surface area contributed by atoms with E-state index in [4.69, 9.17) is 0 Å². The Morgan fingerprint density at radius 2 is 2.27 bits per heavy atom. The Labute approximate surface area is 125 Å². The number of benzene rings is 1. The van der Waals surface area contributed by atoms with Crippen molar-refractivity contribution in [3.05, 3.63) is 33.9 Å². The number of carbonyl (C=O) groups excluding carboxylic acids is 1. The number of halogens is 2. The lowest BCUT2D eigenvalue weighted by Crippen LogP contribution is -2.51. The van der Waals surface area contributed by atoms with Crippen LogP contribution in [-0.4, -0.2) is 48.0 Å². The molecule has 7 nitrogen and oxygen atoms in total. The second-order valence-corrected chi connectivity index (χ2v) is 4.92. The van der Waals surface area contributed by atoms with Crippen LogP contribution in [0.4, 0.5) is 14.5 Å². The monoisotopic (exact) mass is 315 g/mol. The highest BCUT2D eigenvalue weighted by molar-refractivity contribution is 5.97. The SMILES string of the molecule is C[C@@H]1CN(C(=O)c2cc([N+](=O)[O-])ccc2OC(F)F)CCN1.